The second-order valence-corrected chi connectivity index (χ2v) is 8.48. The Hall–Kier alpha value is -4.07. The third kappa shape index (κ3) is 5.90. The predicted octanol–water partition coefficient (Wildman–Crippen LogP) is 4.50. The molecule has 0 aliphatic carbocycles. The van der Waals surface area contributed by atoms with Crippen molar-refractivity contribution in [2.24, 2.45) is 7.05 Å². The molecule has 3 aromatic rings. The number of carbonyl (C=O) groups is 2. The molecule has 0 fully saturated rings. The third-order valence-electron chi connectivity index (χ3n) is 5.96. The van der Waals surface area contributed by atoms with Gasteiger partial charge in [-0.05, 0) is 61.6 Å². The number of esters is 1. The number of hydrogen-bond acceptors (Lipinski definition) is 5. The van der Waals surface area contributed by atoms with Gasteiger partial charge >= 0.3 is 12.0 Å². The molecule has 8 heteroatoms. The first kappa shape index (κ1) is 25.6. The lowest BCUT2D eigenvalue weighted by atomic mass is 9.94. The molecule has 0 saturated carbocycles. The highest BCUT2D eigenvalue weighted by Crippen LogP contribution is 2.29. The maximum atomic E-state index is 12.9. The van der Waals surface area contributed by atoms with Gasteiger partial charge in [-0.1, -0.05) is 36.4 Å². The molecule has 0 spiro atoms. The molecule has 0 aliphatic heterocycles. The summed E-state index contributed by atoms with van der Waals surface area (Å²) in [5.41, 5.74) is 4.66. The number of hydrogen-bond donors (Lipinski definition) is 3. The highest BCUT2D eigenvalue weighted by molar-refractivity contribution is 5.91. The molecule has 8 nitrogen and oxygen atoms in total. The lowest BCUT2D eigenvalue weighted by Crippen LogP contribution is -2.36. The molecule has 0 saturated heterocycles. The van der Waals surface area contributed by atoms with Crippen LogP contribution in [0.4, 0.5) is 10.5 Å². The second kappa shape index (κ2) is 10.9. The van der Waals surface area contributed by atoms with Crippen LogP contribution in [-0.2, 0) is 16.6 Å². The van der Waals surface area contributed by atoms with Gasteiger partial charge < -0.3 is 25.0 Å². The minimum Gasteiger partial charge on any atom is -0.505 e. The van der Waals surface area contributed by atoms with E-state index in [1.807, 2.05) is 56.3 Å². The SMILES string of the molecule is CCOC(=O)C[C@H](NC(=O)Nc1c(O)c(C)cn(C)c1=O)c1cccc(-c2cccc(C)c2C)c1. The van der Waals surface area contributed by atoms with E-state index >= 15 is 0 Å². The normalized spacial score (nSPS) is 11.6. The van der Waals surface area contributed by atoms with Crippen LogP contribution >= 0.6 is 0 Å². The summed E-state index contributed by atoms with van der Waals surface area (Å²) in [4.78, 5) is 37.7. The zero-order chi connectivity index (χ0) is 25.7. The lowest BCUT2D eigenvalue weighted by molar-refractivity contribution is -0.143. The number of rotatable bonds is 7. The topological polar surface area (TPSA) is 110 Å². The van der Waals surface area contributed by atoms with Crippen molar-refractivity contribution in [1.29, 1.82) is 0 Å². The van der Waals surface area contributed by atoms with Crippen LogP contribution in [-0.4, -0.2) is 28.3 Å². The predicted molar refractivity (Wildman–Crippen MR) is 136 cm³/mol. The Morgan fingerprint density at radius 3 is 2.51 bits per heavy atom. The van der Waals surface area contributed by atoms with Gasteiger partial charge in [-0.3, -0.25) is 9.59 Å². The number of aromatic nitrogens is 1. The van der Waals surface area contributed by atoms with Gasteiger partial charge in [0.15, 0.2) is 5.69 Å². The van der Waals surface area contributed by atoms with E-state index < -0.39 is 23.6 Å². The summed E-state index contributed by atoms with van der Waals surface area (Å²) in [6.07, 6.45) is 1.37. The van der Waals surface area contributed by atoms with E-state index in [2.05, 4.69) is 10.6 Å². The quantitative estimate of drug-likeness (QED) is 0.434. The number of nitrogens with zero attached hydrogens (tertiary/aromatic N) is 1. The fourth-order valence-corrected chi connectivity index (χ4v) is 3.93. The first-order valence-corrected chi connectivity index (χ1v) is 11.4. The lowest BCUT2D eigenvalue weighted by Gasteiger charge is -2.20. The van der Waals surface area contributed by atoms with Crippen LogP contribution in [0.2, 0.25) is 0 Å². The van der Waals surface area contributed by atoms with Crippen LogP contribution in [0.15, 0.2) is 53.5 Å². The minimum absolute atomic E-state index is 0.102. The average molecular weight is 478 g/mol. The van der Waals surface area contributed by atoms with Crippen molar-refractivity contribution in [3.8, 4) is 16.9 Å². The van der Waals surface area contributed by atoms with E-state index in [1.165, 1.54) is 17.8 Å². The fraction of sp³-hybridized carbons (Fsp3) is 0.296. The van der Waals surface area contributed by atoms with Crippen LogP contribution in [0.5, 0.6) is 5.75 Å². The summed E-state index contributed by atoms with van der Waals surface area (Å²) in [7, 11) is 1.53. The van der Waals surface area contributed by atoms with Gasteiger partial charge in [0.05, 0.1) is 19.1 Å². The Morgan fingerprint density at radius 1 is 1.09 bits per heavy atom. The maximum absolute atomic E-state index is 12.9. The van der Waals surface area contributed by atoms with Crippen LogP contribution < -0.4 is 16.2 Å². The standard InChI is InChI=1S/C27H31N3O5/c1-6-35-23(31)14-22(28-27(34)29-24-25(32)17(3)15-30(5)26(24)33)20-11-8-10-19(13-20)21-12-7-9-16(2)18(21)4/h7-13,15,22,32H,6,14H2,1-5H3,(H2,28,29,34)/t22-/m0/s1. The average Bonchev–Trinajstić information content (AvgIpc) is 2.82. The largest absolute Gasteiger partial charge is 0.505 e. The third-order valence-corrected chi connectivity index (χ3v) is 5.96. The molecule has 2 amide bonds. The molecule has 35 heavy (non-hydrogen) atoms. The highest BCUT2D eigenvalue weighted by atomic mass is 16.5. The minimum atomic E-state index is -0.727. The monoisotopic (exact) mass is 477 g/mol. The Morgan fingerprint density at radius 2 is 1.80 bits per heavy atom. The highest BCUT2D eigenvalue weighted by Gasteiger charge is 2.22. The van der Waals surface area contributed by atoms with E-state index in [-0.39, 0.29) is 24.5 Å². The molecule has 0 unspecified atom stereocenters. The number of aryl methyl sites for hydroxylation is 3. The van der Waals surface area contributed by atoms with E-state index in [0.29, 0.717) is 11.1 Å². The van der Waals surface area contributed by atoms with Crippen molar-refractivity contribution in [1.82, 2.24) is 9.88 Å². The fourth-order valence-electron chi connectivity index (χ4n) is 3.93. The second-order valence-electron chi connectivity index (χ2n) is 8.48. The maximum Gasteiger partial charge on any atom is 0.319 e. The molecule has 3 rings (SSSR count). The van der Waals surface area contributed by atoms with Crippen molar-refractivity contribution in [3.05, 3.63) is 81.3 Å². The Bertz CT molecular complexity index is 1310. The molecule has 2 aromatic carbocycles. The van der Waals surface area contributed by atoms with Crippen LogP contribution in [0.3, 0.4) is 0 Å². The number of benzene rings is 2. The number of amides is 2. The summed E-state index contributed by atoms with van der Waals surface area (Å²) in [6, 6.07) is 12.2. The zero-order valence-corrected chi connectivity index (χ0v) is 20.6. The van der Waals surface area contributed by atoms with Gasteiger partial charge in [0.25, 0.3) is 5.56 Å². The number of anilines is 1. The van der Waals surface area contributed by atoms with Crippen molar-refractivity contribution in [3.63, 3.8) is 0 Å². The van der Waals surface area contributed by atoms with Gasteiger partial charge in [0, 0.05) is 18.8 Å². The van der Waals surface area contributed by atoms with Gasteiger partial charge in [0.2, 0.25) is 0 Å². The molecule has 0 aliphatic rings. The molecule has 0 radical (unpaired) electrons. The first-order valence-electron chi connectivity index (χ1n) is 11.4. The smallest absolute Gasteiger partial charge is 0.319 e. The van der Waals surface area contributed by atoms with E-state index in [4.69, 9.17) is 4.74 Å². The van der Waals surface area contributed by atoms with Crippen LogP contribution in [0, 0.1) is 20.8 Å². The van der Waals surface area contributed by atoms with E-state index in [0.717, 1.165) is 22.3 Å². The van der Waals surface area contributed by atoms with Gasteiger partial charge in [-0.25, -0.2) is 4.79 Å². The van der Waals surface area contributed by atoms with Crippen molar-refractivity contribution >= 4 is 17.7 Å². The Labute approximate surface area is 204 Å². The summed E-state index contributed by atoms with van der Waals surface area (Å²) in [6.45, 7) is 7.65. The number of pyridine rings is 1. The Kier molecular flexibility index (Phi) is 7.96. The van der Waals surface area contributed by atoms with Gasteiger partial charge in [-0.15, -0.1) is 0 Å². The zero-order valence-electron chi connectivity index (χ0n) is 20.6. The molecule has 0 bridgehead atoms. The van der Waals surface area contributed by atoms with Crippen LogP contribution in [0.25, 0.3) is 11.1 Å². The molecule has 1 atom stereocenters. The van der Waals surface area contributed by atoms with E-state index in [9.17, 15) is 19.5 Å². The van der Waals surface area contributed by atoms with E-state index in [1.54, 1.807) is 13.8 Å². The summed E-state index contributed by atoms with van der Waals surface area (Å²) >= 11 is 0. The molecular weight excluding hydrogens is 446 g/mol. The van der Waals surface area contributed by atoms with Crippen molar-refractivity contribution < 1.29 is 19.4 Å². The number of aromatic hydroxyl groups is 1. The number of nitrogens with one attached hydrogen (secondary N) is 2. The number of carbonyl (C=O) groups excluding carboxylic acids is 2. The Balaban J connectivity index is 1.93. The van der Waals surface area contributed by atoms with Crippen molar-refractivity contribution in [2.45, 2.75) is 40.2 Å². The molecule has 184 valence electrons. The summed E-state index contributed by atoms with van der Waals surface area (Å²) in [5, 5.41) is 15.5. The summed E-state index contributed by atoms with van der Waals surface area (Å²) in [5.74, 6) is -0.772. The number of urea groups is 1. The number of ether oxygens (including phenoxy) is 1. The molecule has 1 aromatic heterocycles. The van der Waals surface area contributed by atoms with Gasteiger partial charge in [0.1, 0.15) is 5.75 Å². The van der Waals surface area contributed by atoms with Crippen molar-refractivity contribution in [2.75, 3.05) is 11.9 Å². The molecular formula is C27H31N3O5. The van der Waals surface area contributed by atoms with Crippen LogP contribution in [0.1, 0.15) is 41.6 Å². The molecule has 1 heterocycles. The summed E-state index contributed by atoms with van der Waals surface area (Å²) < 4.78 is 6.38. The molecule has 3 N–H and O–H groups in total. The van der Waals surface area contributed by atoms with Gasteiger partial charge in [-0.2, -0.15) is 0 Å². The first-order chi connectivity index (χ1) is 16.6.